The molecule has 0 heterocycles. The van der Waals surface area contributed by atoms with Crippen LogP contribution in [0.2, 0.25) is 0 Å². The highest BCUT2D eigenvalue weighted by molar-refractivity contribution is 6.08. The molecule has 1 aromatic carbocycles. The average Bonchev–Trinajstić information content (AvgIpc) is 2.54. The van der Waals surface area contributed by atoms with E-state index < -0.39 is 23.4 Å². The summed E-state index contributed by atoms with van der Waals surface area (Å²) in [4.78, 5) is 36.9. The fraction of sp³-hybridized carbons (Fsp3) is 0.500. The number of hydrogen-bond donors (Lipinski definition) is 1. The second-order valence-corrected chi connectivity index (χ2v) is 5.33. The lowest BCUT2D eigenvalue weighted by Gasteiger charge is -2.30. The lowest BCUT2D eigenvalue weighted by molar-refractivity contribution is -0.168. The van der Waals surface area contributed by atoms with E-state index in [0.29, 0.717) is 0 Å². The lowest BCUT2D eigenvalue weighted by atomic mass is 9.87. The highest BCUT2D eigenvalue weighted by Crippen LogP contribution is 2.21. The van der Waals surface area contributed by atoms with Crippen molar-refractivity contribution in [2.24, 2.45) is 0 Å². The maximum atomic E-state index is 12.6. The summed E-state index contributed by atoms with van der Waals surface area (Å²) < 4.78 is 10.1. The molecule has 0 aliphatic carbocycles. The number of ether oxygens (including phenoxy) is 2. The van der Waals surface area contributed by atoms with Gasteiger partial charge in [0.15, 0.2) is 0 Å². The van der Waals surface area contributed by atoms with Gasteiger partial charge in [0.05, 0.1) is 13.2 Å². The van der Waals surface area contributed by atoms with Crippen LogP contribution in [0, 0.1) is 0 Å². The second-order valence-electron chi connectivity index (χ2n) is 5.33. The molecule has 0 saturated heterocycles. The molecule has 0 aromatic heterocycles. The molecule has 0 unspecified atom stereocenters. The second kappa shape index (κ2) is 9.05. The molecule has 0 saturated carbocycles. The van der Waals surface area contributed by atoms with Gasteiger partial charge >= 0.3 is 11.9 Å². The van der Waals surface area contributed by atoms with Crippen molar-refractivity contribution in [3.8, 4) is 0 Å². The van der Waals surface area contributed by atoms with Crippen molar-refractivity contribution in [3.63, 3.8) is 0 Å². The molecule has 6 heteroatoms. The molecule has 0 fully saturated rings. The monoisotopic (exact) mass is 335 g/mol. The molecule has 0 atom stereocenters. The Hall–Kier alpha value is -2.37. The summed E-state index contributed by atoms with van der Waals surface area (Å²) in [7, 11) is 0. The van der Waals surface area contributed by atoms with E-state index in [2.05, 4.69) is 5.32 Å². The fourth-order valence-electron chi connectivity index (χ4n) is 2.54. The number of carbonyl (C=O) groups is 3. The van der Waals surface area contributed by atoms with Gasteiger partial charge in [-0.2, -0.15) is 0 Å². The number of hydrogen-bond acceptors (Lipinski definition) is 5. The molecule has 0 spiro atoms. The predicted molar refractivity (Wildman–Crippen MR) is 89.3 cm³/mol. The maximum absolute atomic E-state index is 12.6. The summed E-state index contributed by atoms with van der Waals surface area (Å²) in [5, 5.41) is 2.47. The van der Waals surface area contributed by atoms with E-state index in [1.807, 2.05) is 31.2 Å². The molecule has 0 aliphatic rings. The number of benzene rings is 1. The minimum atomic E-state index is -1.89. The zero-order valence-corrected chi connectivity index (χ0v) is 14.7. The van der Waals surface area contributed by atoms with Crippen LogP contribution >= 0.6 is 0 Å². The van der Waals surface area contributed by atoms with Crippen molar-refractivity contribution >= 4 is 17.8 Å². The van der Waals surface area contributed by atoms with E-state index in [1.165, 1.54) is 6.92 Å². The summed E-state index contributed by atoms with van der Waals surface area (Å²) in [5.74, 6) is -2.14. The first-order valence-corrected chi connectivity index (χ1v) is 8.11. The van der Waals surface area contributed by atoms with E-state index in [-0.39, 0.29) is 19.6 Å². The van der Waals surface area contributed by atoms with E-state index >= 15 is 0 Å². The van der Waals surface area contributed by atoms with Crippen LogP contribution in [-0.2, 0) is 36.7 Å². The van der Waals surface area contributed by atoms with Gasteiger partial charge in [-0.1, -0.05) is 31.2 Å². The molecule has 24 heavy (non-hydrogen) atoms. The van der Waals surface area contributed by atoms with Gasteiger partial charge in [0.25, 0.3) is 0 Å². The van der Waals surface area contributed by atoms with Gasteiger partial charge in [0.2, 0.25) is 11.4 Å². The molecular weight excluding hydrogens is 310 g/mol. The van der Waals surface area contributed by atoms with Gasteiger partial charge < -0.3 is 14.8 Å². The number of amides is 1. The molecular formula is C18H25NO5. The van der Waals surface area contributed by atoms with E-state index in [4.69, 9.17) is 9.47 Å². The largest absolute Gasteiger partial charge is 0.464 e. The normalized spacial score (nSPS) is 10.8. The van der Waals surface area contributed by atoms with Crippen LogP contribution in [0.25, 0.3) is 0 Å². The number of rotatable bonds is 8. The van der Waals surface area contributed by atoms with Crippen molar-refractivity contribution in [3.05, 3.63) is 35.4 Å². The minimum absolute atomic E-state index is 0.0196. The lowest BCUT2D eigenvalue weighted by Crippen LogP contribution is -2.62. The van der Waals surface area contributed by atoms with Crippen molar-refractivity contribution < 1.29 is 23.9 Å². The fourth-order valence-corrected chi connectivity index (χ4v) is 2.54. The van der Waals surface area contributed by atoms with Crippen LogP contribution in [0.1, 0.15) is 38.8 Å². The van der Waals surface area contributed by atoms with Gasteiger partial charge in [0, 0.05) is 13.3 Å². The molecule has 1 rings (SSSR count). The van der Waals surface area contributed by atoms with Crippen molar-refractivity contribution in [1.82, 2.24) is 5.32 Å². The first-order valence-electron chi connectivity index (χ1n) is 8.11. The summed E-state index contributed by atoms with van der Waals surface area (Å²) in [6.45, 7) is 6.69. The summed E-state index contributed by atoms with van der Waals surface area (Å²) in [6.07, 6.45) is 0.715. The maximum Gasteiger partial charge on any atom is 0.344 e. The van der Waals surface area contributed by atoms with Gasteiger partial charge in [-0.15, -0.1) is 0 Å². The zero-order valence-electron chi connectivity index (χ0n) is 14.7. The van der Waals surface area contributed by atoms with Crippen LogP contribution in [0.15, 0.2) is 24.3 Å². The minimum Gasteiger partial charge on any atom is -0.464 e. The van der Waals surface area contributed by atoms with Gasteiger partial charge in [-0.05, 0) is 31.4 Å². The Bertz CT molecular complexity index is 579. The van der Waals surface area contributed by atoms with Crippen LogP contribution in [0.3, 0.4) is 0 Å². The first kappa shape index (κ1) is 19.7. The highest BCUT2D eigenvalue weighted by atomic mass is 16.6. The van der Waals surface area contributed by atoms with Crippen molar-refractivity contribution in [2.45, 2.75) is 46.1 Å². The SMILES string of the molecule is CCOC(=O)C(Cc1ccccc1CC)(NC(C)=O)C(=O)OCC. The number of aryl methyl sites for hydroxylation is 1. The van der Waals surface area contributed by atoms with Crippen LogP contribution < -0.4 is 5.32 Å². The summed E-state index contributed by atoms with van der Waals surface area (Å²) in [6, 6.07) is 7.46. The van der Waals surface area contributed by atoms with Gasteiger partial charge in [0.1, 0.15) is 0 Å². The molecule has 132 valence electrons. The molecule has 1 N–H and O–H groups in total. The Morgan fingerprint density at radius 1 is 0.958 bits per heavy atom. The molecule has 0 radical (unpaired) electrons. The Kier molecular flexibility index (Phi) is 7.42. The van der Waals surface area contributed by atoms with E-state index in [1.54, 1.807) is 13.8 Å². The van der Waals surface area contributed by atoms with Crippen molar-refractivity contribution in [2.75, 3.05) is 13.2 Å². The quantitative estimate of drug-likeness (QED) is 0.578. The Balaban J connectivity index is 3.39. The smallest absolute Gasteiger partial charge is 0.344 e. The van der Waals surface area contributed by atoms with Crippen LogP contribution in [-0.4, -0.2) is 36.6 Å². The Morgan fingerprint density at radius 3 is 1.88 bits per heavy atom. The average molecular weight is 335 g/mol. The first-order chi connectivity index (χ1) is 11.4. The predicted octanol–water partition coefficient (Wildman–Crippen LogP) is 1.79. The van der Waals surface area contributed by atoms with E-state index in [9.17, 15) is 14.4 Å². The molecule has 1 aromatic rings. The third-order valence-corrected chi connectivity index (χ3v) is 3.59. The highest BCUT2D eigenvalue weighted by Gasteiger charge is 2.50. The van der Waals surface area contributed by atoms with Crippen LogP contribution in [0.4, 0.5) is 0 Å². The topological polar surface area (TPSA) is 81.7 Å². The molecule has 0 bridgehead atoms. The third kappa shape index (κ3) is 4.57. The molecule has 1 amide bonds. The molecule has 0 aliphatic heterocycles. The van der Waals surface area contributed by atoms with Gasteiger partial charge in [-0.25, -0.2) is 9.59 Å². The third-order valence-electron chi connectivity index (χ3n) is 3.59. The number of nitrogens with one attached hydrogen (secondary N) is 1. The van der Waals surface area contributed by atoms with E-state index in [0.717, 1.165) is 17.5 Å². The number of esters is 2. The van der Waals surface area contributed by atoms with Crippen molar-refractivity contribution in [1.29, 1.82) is 0 Å². The Morgan fingerprint density at radius 2 is 1.46 bits per heavy atom. The van der Waals surface area contributed by atoms with Gasteiger partial charge in [-0.3, -0.25) is 4.79 Å². The van der Waals surface area contributed by atoms with Crippen LogP contribution in [0.5, 0.6) is 0 Å². The number of carbonyl (C=O) groups excluding carboxylic acids is 3. The summed E-state index contributed by atoms with van der Waals surface area (Å²) >= 11 is 0. The molecule has 6 nitrogen and oxygen atoms in total. The zero-order chi connectivity index (χ0) is 18.2. The standard InChI is InChI=1S/C18H25NO5/c1-5-14-10-8-9-11-15(14)12-18(19-13(4)20,16(21)23-6-2)17(22)24-7-3/h8-11H,5-7,12H2,1-4H3,(H,19,20). The Labute approximate surface area is 142 Å². The summed E-state index contributed by atoms with van der Waals surface area (Å²) in [5.41, 5.74) is -0.112.